The van der Waals surface area contributed by atoms with Crippen molar-refractivity contribution >= 4 is 20.0 Å². The van der Waals surface area contributed by atoms with Crippen LogP contribution in [0.3, 0.4) is 0 Å². The molecule has 2 atom stereocenters. The molecule has 0 spiro atoms. The van der Waals surface area contributed by atoms with Crippen molar-refractivity contribution < 1.29 is 52.8 Å². The van der Waals surface area contributed by atoms with E-state index in [1.807, 2.05) is 30.3 Å². The topological polar surface area (TPSA) is 103 Å². The molecule has 170 valence electrons. The van der Waals surface area contributed by atoms with E-state index in [-0.39, 0.29) is 6.04 Å². The zero-order valence-corrected chi connectivity index (χ0v) is 17.2. The van der Waals surface area contributed by atoms with Crippen LogP contribution in [0.15, 0.2) is 30.3 Å². The maximum atomic E-state index is 11.4. The van der Waals surface area contributed by atoms with E-state index in [4.69, 9.17) is 0 Å². The highest BCUT2D eigenvalue weighted by Crippen LogP contribution is 2.36. The number of benzene rings is 1. The molecule has 0 unspecified atom stereocenters. The van der Waals surface area contributed by atoms with E-state index in [9.17, 15) is 48.3 Å². The van der Waals surface area contributed by atoms with Crippen molar-refractivity contribution in [1.82, 2.24) is 0 Å². The van der Waals surface area contributed by atoms with Crippen molar-refractivity contribution in [3.8, 4) is 0 Å². The Balaban J connectivity index is 0.000000541. The van der Waals surface area contributed by atoms with E-state index in [1.165, 1.54) is 0 Å². The molecule has 0 bridgehead atoms. The Kier molecular flexibility index (Phi) is 8.71. The summed E-state index contributed by atoms with van der Waals surface area (Å²) in [5.74, 6) is 0. The van der Waals surface area contributed by atoms with Gasteiger partial charge < -0.3 is 13.7 Å². The molecule has 0 radical (unpaired) electrons. The quantitative estimate of drug-likeness (QED) is 0.522. The lowest BCUT2D eigenvalue weighted by molar-refractivity contribution is -0.898. The molecular formula is C14H20F6N2O5S2. The highest BCUT2D eigenvalue weighted by Gasteiger charge is 2.46. The number of quaternary nitrogens is 1. The Morgan fingerprint density at radius 1 is 0.862 bits per heavy atom. The van der Waals surface area contributed by atoms with Gasteiger partial charge >= 0.3 is 11.0 Å². The number of hydrogen-bond donors (Lipinski definition) is 1. The summed E-state index contributed by atoms with van der Waals surface area (Å²) in [6, 6.07) is 10.0. The van der Waals surface area contributed by atoms with Crippen LogP contribution in [0.5, 0.6) is 0 Å². The molecular weight excluding hydrogens is 454 g/mol. The number of alkyl halides is 6. The van der Waals surface area contributed by atoms with Gasteiger partial charge in [0.15, 0.2) is 20.0 Å². The van der Waals surface area contributed by atoms with Gasteiger partial charge in [0.25, 0.3) is 0 Å². The first-order valence-corrected chi connectivity index (χ1v) is 10.4. The minimum absolute atomic E-state index is 0.192. The van der Waals surface area contributed by atoms with Crippen LogP contribution in [-0.4, -0.2) is 64.6 Å². The lowest BCUT2D eigenvalue weighted by Gasteiger charge is -2.34. The van der Waals surface area contributed by atoms with Crippen LogP contribution in [0.2, 0.25) is 0 Å². The fourth-order valence-corrected chi connectivity index (χ4v) is 3.28. The molecule has 0 amide bonds. The van der Waals surface area contributed by atoms with Crippen LogP contribution >= 0.6 is 0 Å². The third-order valence-electron chi connectivity index (χ3n) is 3.60. The van der Waals surface area contributed by atoms with Crippen molar-refractivity contribution in [3.05, 3.63) is 40.0 Å². The Morgan fingerprint density at radius 3 is 1.48 bits per heavy atom. The van der Waals surface area contributed by atoms with Crippen molar-refractivity contribution in [3.63, 3.8) is 0 Å². The monoisotopic (exact) mass is 474 g/mol. The summed E-state index contributed by atoms with van der Waals surface area (Å²) >= 11 is 0. The first kappa shape index (κ1) is 27.6. The summed E-state index contributed by atoms with van der Waals surface area (Å²) < 4.78 is 110. The standard InChI is InChI=1S/C12H20NO.C2F6NO4S2/c1-10(13(2,3)4)12(14)11-8-6-5-7-9-11;3-1(4,5)14(10,11)9-15(12,13)2(6,7)8/h5-10,12,14H,1-4H3;/q+1;-1/t10-,12-;/m0./s1. The van der Waals surface area contributed by atoms with E-state index < -0.39 is 37.2 Å². The smallest absolute Gasteiger partial charge is 0.421 e. The van der Waals surface area contributed by atoms with Gasteiger partial charge in [0.2, 0.25) is 0 Å². The van der Waals surface area contributed by atoms with Gasteiger partial charge in [-0.3, -0.25) is 0 Å². The summed E-state index contributed by atoms with van der Waals surface area (Å²) in [5.41, 5.74) is -11.4. The largest absolute Gasteiger partial charge is 0.480 e. The molecule has 29 heavy (non-hydrogen) atoms. The zero-order valence-electron chi connectivity index (χ0n) is 15.6. The number of hydrogen-bond acceptors (Lipinski definition) is 5. The molecule has 0 saturated heterocycles. The number of nitrogens with zero attached hydrogens (tertiary/aromatic N) is 2. The molecule has 0 aliphatic heterocycles. The Hall–Kier alpha value is -1.42. The summed E-state index contributed by atoms with van der Waals surface area (Å²) in [6.45, 7) is 2.07. The predicted molar refractivity (Wildman–Crippen MR) is 92.2 cm³/mol. The third kappa shape index (κ3) is 8.08. The number of rotatable bonds is 5. The Bertz CT molecular complexity index is 820. The highest BCUT2D eigenvalue weighted by molar-refractivity contribution is 8.13. The van der Waals surface area contributed by atoms with Gasteiger partial charge in [-0.05, 0) is 12.5 Å². The van der Waals surface area contributed by atoms with Crippen LogP contribution in [-0.2, 0) is 20.0 Å². The van der Waals surface area contributed by atoms with Crippen molar-refractivity contribution in [1.29, 1.82) is 0 Å². The van der Waals surface area contributed by atoms with E-state index in [2.05, 4.69) is 28.1 Å². The molecule has 1 rings (SSSR count). The van der Waals surface area contributed by atoms with Crippen molar-refractivity contribution in [2.24, 2.45) is 0 Å². The molecule has 1 N–H and O–H groups in total. The third-order valence-corrected chi connectivity index (χ3v) is 6.34. The van der Waals surface area contributed by atoms with Gasteiger partial charge in [0.1, 0.15) is 12.1 Å². The zero-order chi connectivity index (χ0) is 23.5. The van der Waals surface area contributed by atoms with E-state index in [0.717, 1.165) is 14.2 Å². The van der Waals surface area contributed by atoms with E-state index in [1.54, 1.807) is 0 Å². The number of aliphatic hydroxyl groups is 1. The molecule has 1 aromatic rings. The average Bonchev–Trinajstić information content (AvgIpc) is 2.51. The summed E-state index contributed by atoms with van der Waals surface area (Å²) in [7, 11) is -7.16. The van der Waals surface area contributed by atoms with Crippen LogP contribution in [0.1, 0.15) is 18.6 Å². The number of aliphatic hydroxyl groups excluding tert-OH is 1. The second-order valence-electron chi connectivity index (χ2n) is 6.63. The summed E-state index contributed by atoms with van der Waals surface area (Å²) in [6.07, 6.45) is -0.392. The predicted octanol–water partition coefficient (Wildman–Crippen LogP) is 2.87. The highest BCUT2D eigenvalue weighted by atomic mass is 32.3. The van der Waals surface area contributed by atoms with Crippen LogP contribution in [0.4, 0.5) is 26.3 Å². The number of halogens is 6. The maximum absolute atomic E-state index is 11.4. The SMILES string of the molecule is C[C@@H]([C@H](O)c1ccccc1)[N+](C)(C)C.O=S(=O)([N-]S(=O)(=O)C(F)(F)F)C(F)(F)F. The van der Waals surface area contributed by atoms with Gasteiger partial charge in [-0.15, -0.1) is 0 Å². The number of sulfonamides is 2. The fourth-order valence-electron chi connectivity index (χ4n) is 1.57. The second kappa shape index (κ2) is 9.16. The molecule has 7 nitrogen and oxygen atoms in total. The minimum atomic E-state index is -6.72. The summed E-state index contributed by atoms with van der Waals surface area (Å²) in [4.78, 5) is 0. The van der Waals surface area contributed by atoms with Gasteiger partial charge in [0, 0.05) is 0 Å². The van der Waals surface area contributed by atoms with Crippen LogP contribution in [0, 0.1) is 0 Å². The average molecular weight is 474 g/mol. The van der Waals surface area contributed by atoms with E-state index in [0.29, 0.717) is 0 Å². The molecule has 0 aliphatic rings. The van der Waals surface area contributed by atoms with Crippen molar-refractivity contribution in [2.45, 2.75) is 30.1 Å². The first-order valence-electron chi connectivity index (χ1n) is 7.54. The number of likely N-dealkylation sites (N-methyl/N-ethyl adjacent to an activating group) is 1. The molecule has 0 aliphatic carbocycles. The molecule has 0 aromatic heterocycles. The lowest BCUT2D eigenvalue weighted by Crippen LogP contribution is -2.46. The van der Waals surface area contributed by atoms with Gasteiger partial charge in [-0.2, -0.15) is 26.3 Å². The molecule has 1 aromatic carbocycles. The summed E-state index contributed by atoms with van der Waals surface area (Å²) in [5, 5.41) is 10.1. The fraction of sp³-hybridized carbons (Fsp3) is 0.571. The molecule has 0 saturated carbocycles. The van der Waals surface area contributed by atoms with Crippen LogP contribution in [0.25, 0.3) is 4.13 Å². The molecule has 15 heteroatoms. The van der Waals surface area contributed by atoms with Gasteiger partial charge in [-0.25, -0.2) is 16.8 Å². The Labute approximate surface area is 164 Å². The normalized spacial score (nSPS) is 15.8. The lowest BCUT2D eigenvalue weighted by atomic mass is 10.0. The maximum Gasteiger partial charge on any atom is 0.480 e. The van der Waals surface area contributed by atoms with Crippen LogP contribution < -0.4 is 0 Å². The second-order valence-corrected chi connectivity index (χ2v) is 10.1. The molecule has 0 heterocycles. The molecule has 0 fully saturated rings. The van der Waals surface area contributed by atoms with Gasteiger partial charge in [0.05, 0.1) is 21.1 Å². The van der Waals surface area contributed by atoms with E-state index >= 15 is 0 Å². The first-order chi connectivity index (χ1) is 12.6. The minimum Gasteiger partial charge on any atom is -0.421 e. The van der Waals surface area contributed by atoms with Crippen molar-refractivity contribution in [2.75, 3.05) is 21.1 Å². The Morgan fingerprint density at radius 2 is 1.21 bits per heavy atom. The van der Waals surface area contributed by atoms with Gasteiger partial charge in [-0.1, -0.05) is 30.3 Å².